The van der Waals surface area contributed by atoms with Crippen molar-refractivity contribution in [3.8, 4) is 0 Å². The summed E-state index contributed by atoms with van der Waals surface area (Å²) in [6.45, 7) is 0. The van der Waals surface area contributed by atoms with Crippen LogP contribution in [0.1, 0.15) is 10.5 Å². The molecule has 3 rings (SSSR count). The quantitative estimate of drug-likeness (QED) is 0.698. The van der Waals surface area contributed by atoms with E-state index >= 15 is 0 Å². The van der Waals surface area contributed by atoms with Crippen molar-refractivity contribution in [1.82, 2.24) is 4.98 Å². The zero-order valence-electron chi connectivity index (χ0n) is 10.7. The van der Waals surface area contributed by atoms with Crippen LogP contribution in [0.5, 0.6) is 0 Å². The van der Waals surface area contributed by atoms with Crippen molar-refractivity contribution in [3.63, 3.8) is 0 Å². The minimum Gasteiger partial charge on any atom is -0.399 e. The normalized spacial score (nSPS) is 10.4. The van der Waals surface area contributed by atoms with Gasteiger partial charge in [0.15, 0.2) is 0 Å². The van der Waals surface area contributed by atoms with Gasteiger partial charge >= 0.3 is 0 Å². The SMILES string of the molecule is Nc1ccc2c(C(=O)Nc3ccccc3)nccc2c1. The third kappa shape index (κ3) is 2.31. The summed E-state index contributed by atoms with van der Waals surface area (Å²) in [7, 11) is 0. The first-order valence-electron chi connectivity index (χ1n) is 6.25. The lowest BCUT2D eigenvalue weighted by molar-refractivity contribution is 0.102. The lowest BCUT2D eigenvalue weighted by Gasteiger charge is -2.07. The fraction of sp³-hybridized carbons (Fsp3) is 0. The summed E-state index contributed by atoms with van der Waals surface area (Å²) in [5.41, 5.74) is 7.55. The van der Waals surface area contributed by atoms with Gasteiger partial charge in [0, 0.05) is 23.0 Å². The van der Waals surface area contributed by atoms with Gasteiger partial charge in [-0.2, -0.15) is 0 Å². The molecule has 98 valence electrons. The number of rotatable bonds is 2. The molecule has 0 bridgehead atoms. The molecule has 2 aromatic carbocycles. The van der Waals surface area contributed by atoms with Crippen molar-refractivity contribution < 1.29 is 4.79 Å². The average molecular weight is 263 g/mol. The predicted molar refractivity (Wildman–Crippen MR) is 80.6 cm³/mol. The lowest BCUT2D eigenvalue weighted by atomic mass is 10.1. The highest BCUT2D eigenvalue weighted by atomic mass is 16.1. The average Bonchev–Trinajstić information content (AvgIpc) is 2.47. The molecule has 4 nitrogen and oxygen atoms in total. The second kappa shape index (κ2) is 5.01. The van der Waals surface area contributed by atoms with Crippen molar-refractivity contribution in [2.45, 2.75) is 0 Å². The van der Waals surface area contributed by atoms with E-state index in [9.17, 15) is 4.79 Å². The molecule has 0 fully saturated rings. The van der Waals surface area contributed by atoms with E-state index < -0.39 is 0 Å². The number of nitrogens with two attached hydrogens (primary N) is 1. The number of hydrogen-bond acceptors (Lipinski definition) is 3. The maximum absolute atomic E-state index is 12.3. The summed E-state index contributed by atoms with van der Waals surface area (Å²) in [6.07, 6.45) is 1.61. The number of nitrogens with zero attached hydrogens (tertiary/aromatic N) is 1. The maximum Gasteiger partial charge on any atom is 0.274 e. The maximum atomic E-state index is 12.3. The number of hydrogen-bond donors (Lipinski definition) is 2. The number of carbonyl (C=O) groups excluding carboxylic acids is 1. The number of para-hydroxylation sites is 1. The van der Waals surface area contributed by atoms with Gasteiger partial charge in [0.05, 0.1) is 0 Å². The fourth-order valence-electron chi connectivity index (χ4n) is 2.09. The zero-order chi connectivity index (χ0) is 13.9. The topological polar surface area (TPSA) is 68.0 Å². The van der Waals surface area contributed by atoms with Gasteiger partial charge in [-0.25, -0.2) is 0 Å². The van der Waals surface area contributed by atoms with Gasteiger partial charge in [-0.15, -0.1) is 0 Å². The van der Waals surface area contributed by atoms with Gasteiger partial charge in [-0.3, -0.25) is 9.78 Å². The van der Waals surface area contributed by atoms with Crippen molar-refractivity contribution in [2.24, 2.45) is 0 Å². The zero-order valence-corrected chi connectivity index (χ0v) is 10.7. The molecule has 0 aliphatic rings. The Morgan fingerprint density at radius 2 is 1.85 bits per heavy atom. The Morgan fingerprint density at radius 3 is 2.65 bits per heavy atom. The Hall–Kier alpha value is -2.88. The monoisotopic (exact) mass is 263 g/mol. The van der Waals surface area contributed by atoms with Gasteiger partial charge in [-0.1, -0.05) is 18.2 Å². The molecule has 1 aromatic heterocycles. The summed E-state index contributed by atoms with van der Waals surface area (Å²) < 4.78 is 0. The Labute approximate surface area is 116 Å². The number of carbonyl (C=O) groups is 1. The van der Waals surface area contributed by atoms with Crippen LogP contribution in [0.4, 0.5) is 11.4 Å². The van der Waals surface area contributed by atoms with E-state index in [0.717, 1.165) is 16.5 Å². The highest BCUT2D eigenvalue weighted by Crippen LogP contribution is 2.20. The summed E-state index contributed by atoms with van der Waals surface area (Å²) in [5, 5.41) is 4.52. The van der Waals surface area contributed by atoms with Crippen LogP contribution in [0, 0.1) is 0 Å². The molecule has 1 heterocycles. The second-order valence-electron chi connectivity index (χ2n) is 4.46. The highest BCUT2D eigenvalue weighted by molar-refractivity contribution is 6.11. The summed E-state index contributed by atoms with van der Waals surface area (Å²) in [6, 6.07) is 16.6. The molecule has 1 amide bonds. The van der Waals surface area contributed by atoms with Crippen LogP contribution in [0.25, 0.3) is 10.8 Å². The molecule has 0 radical (unpaired) electrons. The van der Waals surface area contributed by atoms with Gasteiger partial charge < -0.3 is 11.1 Å². The van der Waals surface area contributed by atoms with Gasteiger partial charge in [0.25, 0.3) is 5.91 Å². The number of nitrogen functional groups attached to an aromatic ring is 1. The number of nitrogens with one attached hydrogen (secondary N) is 1. The molecule has 3 N–H and O–H groups in total. The molecule has 20 heavy (non-hydrogen) atoms. The van der Waals surface area contributed by atoms with Crippen LogP contribution in [0.3, 0.4) is 0 Å². The summed E-state index contributed by atoms with van der Waals surface area (Å²) >= 11 is 0. The first kappa shape index (κ1) is 12.2. The van der Waals surface area contributed by atoms with Crippen LogP contribution in [-0.4, -0.2) is 10.9 Å². The van der Waals surface area contributed by atoms with Crippen molar-refractivity contribution in [3.05, 3.63) is 66.5 Å². The first-order valence-corrected chi connectivity index (χ1v) is 6.25. The van der Waals surface area contributed by atoms with E-state index in [2.05, 4.69) is 10.3 Å². The van der Waals surface area contributed by atoms with Crippen molar-refractivity contribution in [1.29, 1.82) is 0 Å². The van der Waals surface area contributed by atoms with Crippen LogP contribution in [-0.2, 0) is 0 Å². The molecular weight excluding hydrogens is 250 g/mol. The van der Waals surface area contributed by atoms with E-state index in [4.69, 9.17) is 5.73 Å². The number of benzene rings is 2. The van der Waals surface area contributed by atoms with E-state index in [0.29, 0.717) is 11.4 Å². The molecule has 0 spiro atoms. The molecular formula is C16H13N3O. The minimum atomic E-state index is -0.230. The second-order valence-corrected chi connectivity index (χ2v) is 4.46. The van der Waals surface area contributed by atoms with Crippen LogP contribution in [0.15, 0.2) is 60.8 Å². The molecule has 4 heteroatoms. The van der Waals surface area contributed by atoms with Crippen LogP contribution in [0.2, 0.25) is 0 Å². The molecule has 3 aromatic rings. The fourth-order valence-corrected chi connectivity index (χ4v) is 2.09. The lowest BCUT2D eigenvalue weighted by Crippen LogP contribution is -2.14. The molecule has 0 unspecified atom stereocenters. The summed E-state index contributed by atoms with van der Waals surface area (Å²) in [5.74, 6) is -0.230. The van der Waals surface area contributed by atoms with E-state index in [1.807, 2.05) is 48.5 Å². The molecule has 0 atom stereocenters. The third-order valence-corrected chi connectivity index (χ3v) is 3.04. The Balaban J connectivity index is 2.00. The highest BCUT2D eigenvalue weighted by Gasteiger charge is 2.11. The number of anilines is 2. The smallest absolute Gasteiger partial charge is 0.274 e. The largest absolute Gasteiger partial charge is 0.399 e. The Morgan fingerprint density at radius 1 is 1.05 bits per heavy atom. The molecule has 0 aliphatic heterocycles. The molecule has 0 saturated carbocycles. The van der Waals surface area contributed by atoms with Crippen LogP contribution < -0.4 is 11.1 Å². The van der Waals surface area contributed by atoms with E-state index in [1.165, 1.54) is 0 Å². The number of pyridine rings is 1. The molecule has 0 aliphatic carbocycles. The Kier molecular flexibility index (Phi) is 3.05. The van der Waals surface area contributed by atoms with E-state index in [1.54, 1.807) is 12.3 Å². The van der Waals surface area contributed by atoms with Gasteiger partial charge in [0.1, 0.15) is 5.69 Å². The van der Waals surface area contributed by atoms with Gasteiger partial charge in [0.2, 0.25) is 0 Å². The predicted octanol–water partition coefficient (Wildman–Crippen LogP) is 3.07. The van der Waals surface area contributed by atoms with E-state index in [-0.39, 0.29) is 5.91 Å². The van der Waals surface area contributed by atoms with Gasteiger partial charge in [-0.05, 0) is 41.8 Å². The first-order chi connectivity index (χ1) is 9.74. The van der Waals surface area contributed by atoms with Crippen LogP contribution >= 0.6 is 0 Å². The number of fused-ring (bicyclic) bond motifs is 1. The van der Waals surface area contributed by atoms with Crippen molar-refractivity contribution in [2.75, 3.05) is 11.1 Å². The number of aromatic nitrogens is 1. The Bertz CT molecular complexity index is 769. The minimum absolute atomic E-state index is 0.230. The standard InChI is InChI=1S/C16H13N3O/c17-12-6-7-14-11(10-12)8-9-18-15(14)16(20)19-13-4-2-1-3-5-13/h1-10H,17H2,(H,19,20). The van der Waals surface area contributed by atoms with Crippen molar-refractivity contribution >= 4 is 28.1 Å². The summed E-state index contributed by atoms with van der Waals surface area (Å²) in [4.78, 5) is 16.5. The number of amides is 1. The molecule has 0 saturated heterocycles. The third-order valence-electron chi connectivity index (χ3n) is 3.04.